The van der Waals surface area contributed by atoms with E-state index in [-0.39, 0.29) is 0 Å². The standard InChI is InChI=1S/C13H17N/c1-10-4-2-3-5-12(10)13-6-7-14-11(8-13)9-13/h2-5,11,14H,6-9H2,1H3. The second-order valence-corrected chi connectivity index (χ2v) is 4.90. The van der Waals surface area contributed by atoms with Crippen LogP contribution in [0.3, 0.4) is 0 Å². The van der Waals surface area contributed by atoms with Crippen LogP contribution in [0.5, 0.6) is 0 Å². The number of piperidine rings is 2. The van der Waals surface area contributed by atoms with E-state index in [0.29, 0.717) is 5.41 Å². The van der Waals surface area contributed by atoms with E-state index in [1.165, 1.54) is 31.4 Å². The lowest BCUT2D eigenvalue weighted by atomic mass is 9.57. The Morgan fingerprint density at radius 2 is 2.07 bits per heavy atom. The number of fused-ring (bicyclic) bond motifs is 2. The second kappa shape index (κ2) is 2.83. The van der Waals surface area contributed by atoms with Crippen molar-refractivity contribution in [3.8, 4) is 0 Å². The summed E-state index contributed by atoms with van der Waals surface area (Å²) in [5.41, 5.74) is 3.63. The van der Waals surface area contributed by atoms with Crippen LogP contribution in [0, 0.1) is 6.92 Å². The fourth-order valence-corrected chi connectivity index (χ4v) is 3.27. The van der Waals surface area contributed by atoms with Crippen LogP contribution in [0.25, 0.3) is 0 Å². The summed E-state index contributed by atoms with van der Waals surface area (Å²) in [7, 11) is 0. The zero-order valence-electron chi connectivity index (χ0n) is 8.72. The molecule has 3 aliphatic rings. The van der Waals surface area contributed by atoms with Crippen LogP contribution in [-0.4, -0.2) is 12.6 Å². The molecule has 0 spiro atoms. The van der Waals surface area contributed by atoms with Crippen LogP contribution in [0.2, 0.25) is 0 Å². The quantitative estimate of drug-likeness (QED) is 0.712. The van der Waals surface area contributed by atoms with E-state index in [4.69, 9.17) is 0 Å². The third-order valence-corrected chi connectivity index (χ3v) is 4.03. The molecule has 0 aromatic heterocycles. The number of benzene rings is 1. The minimum Gasteiger partial charge on any atom is -0.314 e. The molecule has 2 heterocycles. The highest BCUT2D eigenvalue weighted by Crippen LogP contribution is 2.49. The van der Waals surface area contributed by atoms with Gasteiger partial charge >= 0.3 is 0 Å². The Kier molecular flexibility index (Phi) is 1.72. The van der Waals surface area contributed by atoms with Crippen LogP contribution < -0.4 is 5.32 Å². The van der Waals surface area contributed by atoms with Crippen LogP contribution in [0.15, 0.2) is 24.3 Å². The van der Waals surface area contributed by atoms with Crippen LogP contribution in [-0.2, 0) is 5.41 Å². The maximum atomic E-state index is 3.56. The molecule has 14 heavy (non-hydrogen) atoms. The second-order valence-electron chi connectivity index (χ2n) is 4.90. The highest BCUT2D eigenvalue weighted by molar-refractivity contribution is 5.37. The SMILES string of the molecule is Cc1ccccc1C12CCNC(C1)C2. The molecule has 1 heteroatoms. The van der Waals surface area contributed by atoms with Crippen molar-refractivity contribution < 1.29 is 0 Å². The van der Waals surface area contributed by atoms with E-state index in [1.807, 2.05) is 0 Å². The summed E-state index contributed by atoms with van der Waals surface area (Å²) in [5, 5.41) is 3.56. The zero-order valence-corrected chi connectivity index (χ0v) is 8.72. The Morgan fingerprint density at radius 1 is 1.29 bits per heavy atom. The lowest BCUT2D eigenvalue weighted by Crippen LogP contribution is -2.58. The number of aryl methyl sites for hydroxylation is 1. The maximum Gasteiger partial charge on any atom is 0.00840 e. The van der Waals surface area contributed by atoms with E-state index in [2.05, 4.69) is 36.5 Å². The van der Waals surface area contributed by atoms with Crippen molar-refractivity contribution in [2.24, 2.45) is 0 Å². The zero-order chi connectivity index (χ0) is 9.60. The Bertz CT molecular complexity index is 344. The van der Waals surface area contributed by atoms with E-state index in [1.54, 1.807) is 5.56 Å². The molecule has 0 atom stereocenters. The summed E-state index contributed by atoms with van der Waals surface area (Å²) in [6.45, 7) is 3.46. The average molecular weight is 187 g/mol. The summed E-state index contributed by atoms with van der Waals surface area (Å²) in [4.78, 5) is 0. The summed E-state index contributed by atoms with van der Waals surface area (Å²) < 4.78 is 0. The fraction of sp³-hybridized carbons (Fsp3) is 0.538. The van der Waals surface area contributed by atoms with Crippen molar-refractivity contribution in [3.63, 3.8) is 0 Å². The van der Waals surface area contributed by atoms with Gasteiger partial charge in [0, 0.05) is 6.04 Å². The summed E-state index contributed by atoms with van der Waals surface area (Å²) in [6.07, 6.45) is 4.05. The van der Waals surface area contributed by atoms with Gasteiger partial charge in [-0.2, -0.15) is 0 Å². The molecule has 1 aliphatic carbocycles. The molecule has 2 bridgehead atoms. The maximum absolute atomic E-state index is 3.56. The van der Waals surface area contributed by atoms with Crippen molar-refractivity contribution in [3.05, 3.63) is 35.4 Å². The minimum absolute atomic E-state index is 0.543. The third kappa shape index (κ3) is 1.05. The third-order valence-electron chi connectivity index (χ3n) is 4.03. The molecule has 1 saturated carbocycles. The molecule has 1 nitrogen and oxygen atoms in total. The number of hydrogen-bond donors (Lipinski definition) is 1. The van der Waals surface area contributed by atoms with Gasteiger partial charge in [0.25, 0.3) is 0 Å². The lowest BCUT2D eigenvalue weighted by Gasteiger charge is -2.54. The van der Waals surface area contributed by atoms with Gasteiger partial charge in [0.15, 0.2) is 0 Å². The van der Waals surface area contributed by atoms with Gasteiger partial charge in [0.1, 0.15) is 0 Å². The van der Waals surface area contributed by atoms with E-state index in [0.717, 1.165) is 6.04 Å². The van der Waals surface area contributed by atoms with Crippen molar-refractivity contribution in [1.29, 1.82) is 0 Å². The first-order valence-electron chi connectivity index (χ1n) is 5.60. The van der Waals surface area contributed by atoms with Crippen molar-refractivity contribution in [2.45, 2.75) is 37.6 Å². The smallest absolute Gasteiger partial charge is 0.00840 e. The molecule has 4 rings (SSSR count). The summed E-state index contributed by atoms with van der Waals surface area (Å²) >= 11 is 0. The predicted molar refractivity (Wildman–Crippen MR) is 58.5 cm³/mol. The van der Waals surface area contributed by atoms with Gasteiger partial charge in [-0.1, -0.05) is 24.3 Å². The summed E-state index contributed by atoms with van der Waals surface area (Å²) in [5.74, 6) is 0. The van der Waals surface area contributed by atoms with Gasteiger partial charge in [-0.15, -0.1) is 0 Å². The molecule has 1 aromatic carbocycles. The van der Waals surface area contributed by atoms with E-state index < -0.39 is 0 Å². The van der Waals surface area contributed by atoms with Gasteiger partial charge in [0.05, 0.1) is 0 Å². The average Bonchev–Trinajstić information content (AvgIpc) is 2.18. The Morgan fingerprint density at radius 3 is 2.71 bits per heavy atom. The minimum atomic E-state index is 0.543. The van der Waals surface area contributed by atoms with E-state index in [9.17, 15) is 0 Å². The highest BCUT2D eigenvalue weighted by Gasteiger charge is 2.48. The van der Waals surface area contributed by atoms with Crippen molar-refractivity contribution in [2.75, 3.05) is 6.54 Å². The molecule has 1 N–H and O–H groups in total. The first-order valence-corrected chi connectivity index (χ1v) is 5.60. The molecule has 74 valence electrons. The Balaban J connectivity index is 1.99. The van der Waals surface area contributed by atoms with E-state index >= 15 is 0 Å². The van der Waals surface area contributed by atoms with Crippen LogP contribution in [0.4, 0.5) is 0 Å². The van der Waals surface area contributed by atoms with Gasteiger partial charge in [-0.3, -0.25) is 0 Å². The van der Waals surface area contributed by atoms with Crippen LogP contribution in [0.1, 0.15) is 30.4 Å². The number of rotatable bonds is 1. The van der Waals surface area contributed by atoms with Crippen molar-refractivity contribution in [1.82, 2.24) is 5.32 Å². The van der Waals surface area contributed by atoms with Gasteiger partial charge in [-0.05, 0) is 49.3 Å². The lowest BCUT2D eigenvalue weighted by molar-refractivity contribution is 0.110. The highest BCUT2D eigenvalue weighted by atomic mass is 15.0. The van der Waals surface area contributed by atoms with Gasteiger partial charge in [0.2, 0.25) is 0 Å². The molecular weight excluding hydrogens is 170 g/mol. The predicted octanol–water partition coefficient (Wildman–Crippen LogP) is 2.39. The fourth-order valence-electron chi connectivity index (χ4n) is 3.27. The normalized spacial score (nSPS) is 35.1. The monoisotopic (exact) mass is 187 g/mol. The molecule has 0 amide bonds. The van der Waals surface area contributed by atoms with Crippen molar-refractivity contribution >= 4 is 0 Å². The Labute approximate surface area is 85.5 Å². The Hall–Kier alpha value is -0.820. The molecule has 2 aliphatic heterocycles. The first-order chi connectivity index (χ1) is 6.80. The molecule has 0 unspecified atom stereocenters. The largest absolute Gasteiger partial charge is 0.314 e. The number of nitrogens with one attached hydrogen (secondary N) is 1. The molecule has 3 fully saturated rings. The molecule has 0 radical (unpaired) electrons. The van der Waals surface area contributed by atoms with Crippen LogP contribution >= 0.6 is 0 Å². The van der Waals surface area contributed by atoms with Gasteiger partial charge < -0.3 is 5.32 Å². The topological polar surface area (TPSA) is 12.0 Å². The first kappa shape index (κ1) is 8.49. The summed E-state index contributed by atoms with van der Waals surface area (Å²) in [6, 6.07) is 9.72. The van der Waals surface area contributed by atoms with Gasteiger partial charge in [-0.25, -0.2) is 0 Å². The molecule has 2 saturated heterocycles. The molecular formula is C13H17N. The molecule has 1 aromatic rings. The number of hydrogen-bond acceptors (Lipinski definition) is 1.